The molecular weight excluding hydrogens is 715 g/mol. The highest BCUT2D eigenvalue weighted by atomic mass is 28.3. The number of rotatable bonds is 8. The summed E-state index contributed by atoms with van der Waals surface area (Å²) >= 11 is 0. The molecule has 0 unspecified atom stereocenters. The molecule has 0 fully saturated rings. The number of hydrogen-bond acceptors (Lipinski definition) is 1. The van der Waals surface area contributed by atoms with Crippen molar-refractivity contribution in [2.75, 3.05) is 4.90 Å². The average Bonchev–Trinajstić information content (AvgIpc) is 3.57. The molecule has 0 radical (unpaired) electrons. The van der Waals surface area contributed by atoms with Crippen LogP contribution in [0.1, 0.15) is 22.3 Å². The van der Waals surface area contributed by atoms with E-state index in [0.717, 1.165) is 17.1 Å². The SMILES string of the molecule is C[Si](C)(C)c1ccc(-c2ccc(N(c3ccc4c(c3)C(c3ccccc3)(c3ccccc3)c3ccccc3-4)c3ccccc3-c3ccccc3)cc2)c2ccccc12. The van der Waals surface area contributed by atoms with Crippen molar-refractivity contribution in [3.8, 4) is 33.4 Å². The summed E-state index contributed by atoms with van der Waals surface area (Å²) in [6, 6.07) is 80.8. The second-order valence-electron chi connectivity index (χ2n) is 16.5. The summed E-state index contributed by atoms with van der Waals surface area (Å²) in [5, 5.41) is 4.20. The van der Waals surface area contributed by atoms with E-state index < -0.39 is 13.5 Å². The molecule has 0 saturated heterocycles. The van der Waals surface area contributed by atoms with E-state index in [2.05, 4.69) is 243 Å². The molecule has 0 atom stereocenters. The smallest absolute Gasteiger partial charge is 0.0784 e. The van der Waals surface area contributed by atoms with Gasteiger partial charge in [0.05, 0.1) is 19.2 Å². The number of benzene rings is 9. The maximum Gasteiger partial charge on any atom is 0.0784 e. The Kier molecular flexibility index (Phi) is 8.81. The van der Waals surface area contributed by atoms with E-state index in [1.165, 1.54) is 71.6 Å². The van der Waals surface area contributed by atoms with Crippen LogP contribution in [0.4, 0.5) is 17.1 Å². The predicted molar refractivity (Wildman–Crippen MR) is 250 cm³/mol. The second-order valence-corrected chi connectivity index (χ2v) is 21.5. The van der Waals surface area contributed by atoms with Gasteiger partial charge in [0, 0.05) is 16.9 Å². The van der Waals surface area contributed by atoms with E-state index in [4.69, 9.17) is 0 Å². The molecule has 0 aliphatic heterocycles. The lowest BCUT2D eigenvalue weighted by Gasteiger charge is -2.35. The first-order chi connectivity index (χ1) is 28.4. The van der Waals surface area contributed by atoms with Gasteiger partial charge in [-0.25, -0.2) is 0 Å². The van der Waals surface area contributed by atoms with Gasteiger partial charge in [-0.2, -0.15) is 0 Å². The van der Waals surface area contributed by atoms with E-state index in [1.807, 2.05) is 0 Å². The van der Waals surface area contributed by atoms with Gasteiger partial charge in [0.1, 0.15) is 0 Å². The molecule has 0 aromatic heterocycles. The van der Waals surface area contributed by atoms with Crippen LogP contribution in [-0.2, 0) is 5.41 Å². The molecule has 2 heteroatoms. The number of fused-ring (bicyclic) bond motifs is 4. The van der Waals surface area contributed by atoms with Gasteiger partial charge in [-0.05, 0) is 91.2 Å². The average molecular weight is 760 g/mol. The lowest BCUT2D eigenvalue weighted by molar-refractivity contribution is 0.768. The summed E-state index contributed by atoms with van der Waals surface area (Å²) in [7, 11) is -1.54. The van der Waals surface area contributed by atoms with Crippen LogP contribution in [-0.4, -0.2) is 8.07 Å². The van der Waals surface area contributed by atoms with Gasteiger partial charge < -0.3 is 4.90 Å². The summed E-state index contributed by atoms with van der Waals surface area (Å²) in [6.45, 7) is 7.31. The van der Waals surface area contributed by atoms with Crippen LogP contribution >= 0.6 is 0 Å². The minimum absolute atomic E-state index is 0.498. The molecule has 278 valence electrons. The second kappa shape index (κ2) is 14.3. The van der Waals surface area contributed by atoms with Gasteiger partial charge in [-0.3, -0.25) is 0 Å². The van der Waals surface area contributed by atoms with E-state index in [9.17, 15) is 0 Å². The minimum Gasteiger partial charge on any atom is -0.310 e. The van der Waals surface area contributed by atoms with Gasteiger partial charge in [-0.1, -0.05) is 213 Å². The Balaban J connectivity index is 1.20. The zero-order valence-corrected chi connectivity index (χ0v) is 34.2. The highest BCUT2D eigenvalue weighted by Crippen LogP contribution is 2.57. The van der Waals surface area contributed by atoms with Gasteiger partial charge >= 0.3 is 0 Å². The van der Waals surface area contributed by atoms with Crippen LogP contribution in [0.3, 0.4) is 0 Å². The van der Waals surface area contributed by atoms with Crippen LogP contribution in [0.5, 0.6) is 0 Å². The van der Waals surface area contributed by atoms with E-state index in [0.29, 0.717) is 0 Å². The quantitative estimate of drug-likeness (QED) is 0.139. The molecule has 0 amide bonds. The van der Waals surface area contributed by atoms with Gasteiger partial charge in [0.25, 0.3) is 0 Å². The van der Waals surface area contributed by atoms with Crippen molar-refractivity contribution in [2.24, 2.45) is 0 Å². The molecule has 1 nitrogen and oxygen atoms in total. The Morgan fingerprint density at radius 3 is 1.53 bits per heavy atom. The van der Waals surface area contributed by atoms with E-state index in [-0.39, 0.29) is 0 Å². The molecule has 0 heterocycles. The molecule has 0 spiro atoms. The fraction of sp³-hybridized carbons (Fsp3) is 0.0714. The zero-order valence-electron chi connectivity index (χ0n) is 33.2. The molecule has 10 rings (SSSR count). The third-order valence-electron chi connectivity index (χ3n) is 12.1. The largest absolute Gasteiger partial charge is 0.310 e. The van der Waals surface area contributed by atoms with Crippen molar-refractivity contribution in [1.82, 2.24) is 0 Å². The predicted octanol–water partition coefficient (Wildman–Crippen LogP) is 14.6. The van der Waals surface area contributed by atoms with E-state index >= 15 is 0 Å². The molecule has 0 N–H and O–H groups in total. The molecule has 1 aliphatic rings. The fourth-order valence-corrected chi connectivity index (χ4v) is 11.1. The maximum atomic E-state index is 2.47. The third-order valence-corrected chi connectivity index (χ3v) is 14.2. The number of nitrogens with zero attached hydrogens (tertiary/aromatic N) is 1. The van der Waals surface area contributed by atoms with Gasteiger partial charge in [0.2, 0.25) is 0 Å². The number of hydrogen-bond donors (Lipinski definition) is 0. The van der Waals surface area contributed by atoms with Crippen molar-refractivity contribution < 1.29 is 0 Å². The molecule has 9 aromatic rings. The lowest BCUT2D eigenvalue weighted by atomic mass is 9.67. The molecule has 58 heavy (non-hydrogen) atoms. The van der Waals surface area contributed by atoms with Crippen molar-refractivity contribution in [2.45, 2.75) is 25.1 Å². The normalized spacial score (nSPS) is 12.9. The van der Waals surface area contributed by atoms with Crippen LogP contribution in [0, 0.1) is 0 Å². The van der Waals surface area contributed by atoms with Crippen molar-refractivity contribution in [3.05, 3.63) is 241 Å². The van der Waals surface area contributed by atoms with Gasteiger partial charge in [0.15, 0.2) is 0 Å². The molecule has 0 saturated carbocycles. The van der Waals surface area contributed by atoms with Crippen LogP contribution < -0.4 is 10.1 Å². The van der Waals surface area contributed by atoms with Crippen molar-refractivity contribution in [1.29, 1.82) is 0 Å². The fourth-order valence-electron chi connectivity index (χ4n) is 9.52. The molecule has 1 aliphatic carbocycles. The summed E-state index contributed by atoms with van der Waals surface area (Å²) < 4.78 is 0. The van der Waals surface area contributed by atoms with Crippen molar-refractivity contribution >= 4 is 41.1 Å². The summed E-state index contributed by atoms with van der Waals surface area (Å²) in [5.41, 5.74) is 15.4. The van der Waals surface area contributed by atoms with Gasteiger partial charge in [-0.15, -0.1) is 0 Å². The molecular formula is C56H45NSi. The van der Waals surface area contributed by atoms with Crippen molar-refractivity contribution in [3.63, 3.8) is 0 Å². The number of para-hydroxylation sites is 1. The maximum absolute atomic E-state index is 2.47. The Morgan fingerprint density at radius 1 is 0.362 bits per heavy atom. The number of anilines is 3. The Morgan fingerprint density at radius 2 is 0.862 bits per heavy atom. The third kappa shape index (κ3) is 5.83. The standard InChI is InChI=1S/C56H45NSi/c1-58(2,3)55-38-37-46(48-26-13-14-28-51(48)55)41-31-33-44(34-32-41)57(54-30-18-16-25-47(54)40-19-7-4-8-20-40)45-35-36-50-49-27-15-17-29-52(49)56(53(50)39-45,42-21-9-5-10-22-42)43-23-11-6-12-24-43/h4-39H,1-3H3. The summed E-state index contributed by atoms with van der Waals surface area (Å²) in [4.78, 5) is 2.46. The highest BCUT2D eigenvalue weighted by molar-refractivity contribution is 6.90. The van der Waals surface area contributed by atoms with Crippen LogP contribution in [0.25, 0.3) is 44.2 Å². The van der Waals surface area contributed by atoms with E-state index in [1.54, 1.807) is 0 Å². The Bertz CT molecular complexity index is 2870. The monoisotopic (exact) mass is 759 g/mol. The summed E-state index contributed by atoms with van der Waals surface area (Å²) in [6.07, 6.45) is 0. The Labute approximate surface area is 343 Å². The minimum atomic E-state index is -1.54. The lowest BCUT2D eigenvalue weighted by Crippen LogP contribution is -2.38. The topological polar surface area (TPSA) is 3.24 Å². The summed E-state index contributed by atoms with van der Waals surface area (Å²) in [5.74, 6) is 0. The first kappa shape index (κ1) is 35.7. The van der Waals surface area contributed by atoms with Crippen LogP contribution in [0.15, 0.2) is 218 Å². The van der Waals surface area contributed by atoms with Crippen LogP contribution in [0.2, 0.25) is 19.6 Å². The highest BCUT2D eigenvalue weighted by Gasteiger charge is 2.46. The molecule has 0 bridgehead atoms. The molecule has 9 aromatic carbocycles. The first-order valence-electron chi connectivity index (χ1n) is 20.4. The first-order valence-corrected chi connectivity index (χ1v) is 23.9. The zero-order chi connectivity index (χ0) is 39.3. The Hall–Kier alpha value is -6.74.